The minimum Gasteiger partial charge on any atom is -0.398 e. The van der Waals surface area contributed by atoms with Gasteiger partial charge in [-0.3, -0.25) is 9.69 Å². The van der Waals surface area contributed by atoms with Gasteiger partial charge in [-0.25, -0.2) is 0 Å². The lowest BCUT2D eigenvalue weighted by Gasteiger charge is -2.28. The molecule has 0 spiro atoms. The van der Waals surface area contributed by atoms with Gasteiger partial charge in [-0.15, -0.1) is 0 Å². The molecule has 3 heteroatoms. The van der Waals surface area contributed by atoms with Crippen molar-refractivity contribution in [1.82, 2.24) is 4.90 Å². The maximum absolute atomic E-state index is 12.2. The number of ketones is 1. The Morgan fingerprint density at radius 2 is 1.76 bits per heavy atom. The Morgan fingerprint density at radius 3 is 2.57 bits per heavy atom. The summed E-state index contributed by atoms with van der Waals surface area (Å²) in [5.74, 6) is 0.131. The Morgan fingerprint density at radius 1 is 1.05 bits per heavy atom. The number of fused-ring (bicyclic) bond motifs is 1. The van der Waals surface area contributed by atoms with Crippen LogP contribution in [0.15, 0.2) is 48.5 Å². The number of carbonyl (C=O) groups is 1. The summed E-state index contributed by atoms with van der Waals surface area (Å²) in [6, 6.07) is 15.9. The monoisotopic (exact) mass is 280 g/mol. The first kappa shape index (κ1) is 13.8. The van der Waals surface area contributed by atoms with Crippen molar-refractivity contribution in [3.05, 3.63) is 65.2 Å². The largest absolute Gasteiger partial charge is 0.398 e. The molecule has 21 heavy (non-hydrogen) atoms. The summed E-state index contributed by atoms with van der Waals surface area (Å²) in [6.45, 7) is 2.75. The highest BCUT2D eigenvalue weighted by atomic mass is 16.1. The fourth-order valence-electron chi connectivity index (χ4n) is 2.89. The molecule has 2 N–H and O–H groups in total. The molecule has 1 aliphatic rings. The molecule has 0 bridgehead atoms. The molecule has 0 saturated carbocycles. The van der Waals surface area contributed by atoms with Crippen LogP contribution in [-0.4, -0.2) is 23.8 Å². The van der Waals surface area contributed by atoms with Crippen LogP contribution in [0.3, 0.4) is 0 Å². The lowest BCUT2D eigenvalue weighted by Crippen LogP contribution is -2.32. The van der Waals surface area contributed by atoms with Crippen LogP contribution in [0.2, 0.25) is 0 Å². The predicted molar refractivity (Wildman–Crippen MR) is 85.2 cm³/mol. The molecule has 0 aliphatic carbocycles. The summed E-state index contributed by atoms with van der Waals surface area (Å²) < 4.78 is 0. The van der Waals surface area contributed by atoms with Gasteiger partial charge in [0.25, 0.3) is 0 Å². The number of para-hydroxylation sites is 1. The van der Waals surface area contributed by atoms with E-state index in [1.165, 1.54) is 11.1 Å². The highest BCUT2D eigenvalue weighted by Gasteiger charge is 2.17. The molecule has 1 aliphatic heterocycles. The minimum atomic E-state index is 0.131. The Hall–Kier alpha value is -2.13. The molecule has 2 aromatic rings. The number of anilines is 1. The van der Waals surface area contributed by atoms with Gasteiger partial charge in [-0.2, -0.15) is 0 Å². The Bertz CT molecular complexity index is 651. The van der Waals surface area contributed by atoms with Crippen LogP contribution in [-0.2, 0) is 13.0 Å². The quantitative estimate of drug-likeness (QED) is 0.692. The lowest BCUT2D eigenvalue weighted by atomic mass is 9.99. The highest BCUT2D eigenvalue weighted by molar-refractivity contribution is 6.00. The van der Waals surface area contributed by atoms with E-state index in [9.17, 15) is 4.79 Å². The smallest absolute Gasteiger partial charge is 0.166 e. The minimum absolute atomic E-state index is 0.131. The van der Waals surface area contributed by atoms with Gasteiger partial charge < -0.3 is 5.73 Å². The van der Waals surface area contributed by atoms with Gasteiger partial charge in [-0.1, -0.05) is 36.4 Å². The summed E-state index contributed by atoms with van der Waals surface area (Å²) in [5, 5.41) is 0. The van der Waals surface area contributed by atoms with Crippen molar-refractivity contribution in [2.45, 2.75) is 19.4 Å². The average molecular weight is 280 g/mol. The number of benzene rings is 2. The average Bonchev–Trinajstić information content (AvgIpc) is 2.53. The number of nitrogen functional groups attached to an aromatic ring is 1. The normalized spacial score (nSPS) is 14.7. The van der Waals surface area contributed by atoms with Gasteiger partial charge in [0.15, 0.2) is 5.78 Å². The number of hydrogen-bond acceptors (Lipinski definition) is 3. The maximum atomic E-state index is 12.2. The summed E-state index contributed by atoms with van der Waals surface area (Å²) in [6.07, 6.45) is 1.59. The molecule has 0 saturated heterocycles. The highest BCUT2D eigenvalue weighted by Crippen LogP contribution is 2.19. The van der Waals surface area contributed by atoms with Crippen molar-refractivity contribution in [2.75, 3.05) is 18.8 Å². The lowest BCUT2D eigenvalue weighted by molar-refractivity contribution is 0.0961. The molecular weight excluding hydrogens is 260 g/mol. The molecule has 0 atom stereocenters. The van der Waals surface area contributed by atoms with Gasteiger partial charge in [0, 0.05) is 37.3 Å². The first-order chi connectivity index (χ1) is 10.2. The van der Waals surface area contributed by atoms with Gasteiger partial charge in [-0.05, 0) is 29.7 Å². The first-order valence-corrected chi connectivity index (χ1v) is 7.41. The molecule has 108 valence electrons. The van der Waals surface area contributed by atoms with Gasteiger partial charge >= 0.3 is 0 Å². The Kier molecular flexibility index (Phi) is 4.02. The van der Waals surface area contributed by atoms with Gasteiger partial charge in [0.05, 0.1) is 0 Å². The predicted octanol–water partition coefficient (Wildman–Crippen LogP) is 2.90. The van der Waals surface area contributed by atoms with E-state index in [2.05, 4.69) is 29.2 Å². The SMILES string of the molecule is Nc1ccccc1C(=O)CCN1CCc2ccccc2C1. The van der Waals surface area contributed by atoms with Gasteiger partial charge in [0.2, 0.25) is 0 Å². The summed E-state index contributed by atoms with van der Waals surface area (Å²) in [4.78, 5) is 14.6. The maximum Gasteiger partial charge on any atom is 0.166 e. The van der Waals surface area contributed by atoms with E-state index in [1.54, 1.807) is 6.07 Å². The number of nitrogens with two attached hydrogens (primary N) is 1. The van der Waals surface area contributed by atoms with Crippen molar-refractivity contribution in [2.24, 2.45) is 0 Å². The molecule has 2 aromatic carbocycles. The zero-order chi connectivity index (χ0) is 14.7. The van der Waals surface area contributed by atoms with E-state index in [1.807, 2.05) is 18.2 Å². The second-order valence-corrected chi connectivity index (χ2v) is 5.56. The van der Waals surface area contributed by atoms with E-state index in [-0.39, 0.29) is 5.78 Å². The van der Waals surface area contributed by atoms with Crippen molar-refractivity contribution in [1.29, 1.82) is 0 Å². The Balaban J connectivity index is 1.59. The van der Waals surface area contributed by atoms with Crippen molar-refractivity contribution in [3.63, 3.8) is 0 Å². The zero-order valence-electron chi connectivity index (χ0n) is 12.1. The first-order valence-electron chi connectivity index (χ1n) is 7.41. The van der Waals surface area contributed by atoms with Crippen LogP contribution >= 0.6 is 0 Å². The van der Waals surface area contributed by atoms with E-state index in [0.717, 1.165) is 26.1 Å². The molecule has 0 amide bonds. The zero-order valence-corrected chi connectivity index (χ0v) is 12.1. The van der Waals surface area contributed by atoms with Crippen molar-refractivity contribution in [3.8, 4) is 0 Å². The van der Waals surface area contributed by atoms with Crippen LogP contribution in [0.25, 0.3) is 0 Å². The molecule has 1 heterocycles. The van der Waals surface area contributed by atoms with Crippen LogP contribution in [0.1, 0.15) is 27.9 Å². The fraction of sp³-hybridized carbons (Fsp3) is 0.278. The molecule has 0 aromatic heterocycles. The third-order valence-electron chi connectivity index (χ3n) is 4.13. The molecule has 3 nitrogen and oxygen atoms in total. The van der Waals surface area contributed by atoms with Crippen LogP contribution in [0.4, 0.5) is 5.69 Å². The molecular formula is C18H20N2O. The van der Waals surface area contributed by atoms with E-state index in [0.29, 0.717) is 17.7 Å². The van der Waals surface area contributed by atoms with Crippen LogP contribution in [0, 0.1) is 0 Å². The molecule has 0 unspecified atom stereocenters. The Labute approximate surface area is 125 Å². The number of nitrogens with zero attached hydrogens (tertiary/aromatic N) is 1. The van der Waals surface area contributed by atoms with Crippen molar-refractivity contribution >= 4 is 11.5 Å². The van der Waals surface area contributed by atoms with E-state index >= 15 is 0 Å². The topological polar surface area (TPSA) is 46.3 Å². The molecule has 0 fully saturated rings. The molecule has 3 rings (SSSR count). The van der Waals surface area contributed by atoms with Crippen molar-refractivity contribution < 1.29 is 4.79 Å². The fourth-order valence-corrected chi connectivity index (χ4v) is 2.89. The van der Waals surface area contributed by atoms with E-state index < -0.39 is 0 Å². The van der Waals surface area contributed by atoms with E-state index in [4.69, 9.17) is 5.73 Å². The number of Topliss-reactive ketones (excluding diaryl/α,β-unsaturated/α-hetero) is 1. The number of carbonyl (C=O) groups excluding carboxylic acids is 1. The van der Waals surface area contributed by atoms with Crippen LogP contribution < -0.4 is 5.73 Å². The van der Waals surface area contributed by atoms with Crippen LogP contribution in [0.5, 0.6) is 0 Å². The number of hydrogen-bond donors (Lipinski definition) is 1. The standard InChI is InChI=1S/C18H20N2O/c19-17-8-4-3-7-16(17)18(21)10-12-20-11-9-14-5-1-2-6-15(14)13-20/h1-8H,9-13,19H2. The summed E-state index contributed by atoms with van der Waals surface area (Å²) in [5.41, 5.74) is 9.90. The third kappa shape index (κ3) is 3.14. The second-order valence-electron chi connectivity index (χ2n) is 5.56. The van der Waals surface area contributed by atoms with Gasteiger partial charge in [0.1, 0.15) is 0 Å². The summed E-state index contributed by atoms with van der Waals surface area (Å²) in [7, 11) is 0. The number of rotatable bonds is 4. The molecule has 0 radical (unpaired) electrons. The summed E-state index contributed by atoms with van der Waals surface area (Å²) >= 11 is 0. The second kappa shape index (κ2) is 6.10. The third-order valence-corrected chi connectivity index (χ3v) is 4.13.